The van der Waals surface area contributed by atoms with Gasteiger partial charge in [0.05, 0.1) is 7.85 Å². The van der Waals surface area contributed by atoms with Crippen LogP contribution in [0.5, 0.6) is 0 Å². The average molecular weight is 293 g/mol. The SMILES string of the molecule is [B]C.[Y].[Y].[Y]. The number of hydrogen-bond acceptors (Lipinski definition) is 0. The molecule has 0 saturated carbocycles. The molecule has 0 atom stereocenters. The van der Waals surface area contributed by atoms with Gasteiger partial charge >= 0.3 is 0 Å². The second kappa shape index (κ2) is 26.3. The van der Waals surface area contributed by atoms with Gasteiger partial charge in [0.15, 0.2) is 0 Å². The van der Waals surface area contributed by atoms with Crippen molar-refractivity contribution < 1.29 is 98.1 Å². The van der Waals surface area contributed by atoms with Crippen molar-refractivity contribution in [1.29, 1.82) is 0 Å². The molecular formula is CH3BY3. The van der Waals surface area contributed by atoms with Crippen LogP contribution in [0.15, 0.2) is 0 Å². The first-order chi connectivity index (χ1) is 1.00. The van der Waals surface area contributed by atoms with Crippen molar-refractivity contribution in [1.82, 2.24) is 0 Å². The summed E-state index contributed by atoms with van der Waals surface area (Å²) in [7, 11) is 4.50. The van der Waals surface area contributed by atoms with Crippen molar-refractivity contribution in [2.24, 2.45) is 0 Å². The topological polar surface area (TPSA) is 0 Å². The van der Waals surface area contributed by atoms with Crippen molar-refractivity contribution in [2.45, 2.75) is 6.82 Å². The third-order valence-electron chi connectivity index (χ3n) is 0. The minimum atomic E-state index is 0. The van der Waals surface area contributed by atoms with E-state index in [1.165, 1.54) is 6.82 Å². The van der Waals surface area contributed by atoms with E-state index >= 15 is 0 Å². The molecular weight excluding hydrogens is 290 g/mol. The largest absolute Gasteiger partial charge is 0.0999 e. The molecule has 0 bridgehead atoms. The van der Waals surface area contributed by atoms with Crippen LogP contribution in [-0.2, 0) is 98.1 Å². The maximum Gasteiger partial charge on any atom is 0.0606 e. The fourth-order valence-electron chi connectivity index (χ4n) is 0. The van der Waals surface area contributed by atoms with Crippen LogP contribution < -0.4 is 0 Å². The summed E-state index contributed by atoms with van der Waals surface area (Å²) < 4.78 is 0. The van der Waals surface area contributed by atoms with Crippen LogP contribution in [0.2, 0.25) is 6.82 Å². The van der Waals surface area contributed by atoms with Crippen LogP contribution in [0.3, 0.4) is 0 Å². The molecule has 0 aliphatic carbocycles. The average Bonchev–Trinajstić information content (AvgIpc) is 1.00. The third kappa shape index (κ3) is 18.7. The number of rotatable bonds is 0. The minimum absolute atomic E-state index is 0. The standard InChI is InChI=1S/CH3B.3Y/c1-2;;;/h1H3;;;. The van der Waals surface area contributed by atoms with E-state index in [2.05, 4.69) is 7.85 Å². The molecule has 0 saturated heterocycles. The first-order valence-corrected chi connectivity index (χ1v) is 0.577. The predicted molar refractivity (Wildman–Crippen MR) is 11.6 cm³/mol. The molecule has 0 aromatic carbocycles. The molecule has 4 heteroatoms. The van der Waals surface area contributed by atoms with E-state index in [0.29, 0.717) is 0 Å². The molecule has 19 valence electrons. The van der Waals surface area contributed by atoms with Gasteiger partial charge in [0.25, 0.3) is 0 Å². The first-order valence-electron chi connectivity index (χ1n) is 0.577. The summed E-state index contributed by atoms with van der Waals surface area (Å²) in [6, 6.07) is 0. The van der Waals surface area contributed by atoms with Crippen molar-refractivity contribution in [2.75, 3.05) is 0 Å². The van der Waals surface area contributed by atoms with Gasteiger partial charge in [0.1, 0.15) is 0 Å². The van der Waals surface area contributed by atoms with Gasteiger partial charge in [0, 0.05) is 98.1 Å². The first kappa shape index (κ1) is 23.8. The van der Waals surface area contributed by atoms with Gasteiger partial charge in [-0.25, -0.2) is 0 Å². The third-order valence-corrected chi connectivity index (χ3v) is 0. The van der Waals surface area contributed by atoms with E-state index in [0.717, 1.165) is 0 Å². The van der Waals surface area contributed by atoms with Crippen LogP contribution in [0.1, 0.15) is 0 Å². The Kier molecular flexibility index (Phi) is 125. The molecule has 0 aromatic heterocycles. The Morgan fingerprint density at radius 1 is 0.800 bits per heavy atom. The van der Waals surface area contributed by atoms with E-state index in [4.69, 9.17) is 0 Å². The van der Waals surface area contributed by atoms with Crippen molar-refractivity contribution in [3.8, 4) is 0 Å². The molecule has 0 N–H and O–H groups in total. The molecule has 0 aromatic rings. The summed E-state index contributed by atoms with van der Waals surface area (Å²) in [6.45, 7) is 1.50. The minimum Gasteiger partial charge on any atom is -0.0999 e. The summed E-state index contributed by atoms with van der Waals surface area (Å²) in [5, 5.41) is 0. The van der Waals surface area contributed by atoms with Gasteiger partial charge in [-0.1, -0.05) is 6.82 Å². The van der Waals surface area contributed by atoms with Gasteiger partial charge < -0.3 is 0 Å². The zero-order chi connectivity index (χ0) is 2.00. The quantitative estimate of drug-likeness (QED) is 0.560. The van der Waals surface area contributed by atoms with E-state index < -0.39 is 0 Å². The number of hydrogen-bond donors (Lipinski definition) is 0. The molecule has 0 rings (SSSR count). The summed E-state index contributed by atoms with van der Waals surface area (Å²) in [5.74, 6) is 0. The zero-order valence-corrected chi connectivity index (χ0v) is 11.8. The van der Waals surface area contributed by atoms with Crippen molar-refractivity contribution in [3.63, 3.8) is 0 Å². The molecule has 0 aliphatic heterocycles. The zero-order valence-electron chi connectivity index (χ0n) is 3.31. The molecule has 0 aliphatic rings. The second-order valence-corrected chi connectivity index (χ2v) is 0. The van der Waals surface area contributed by atoms with E-state index in [1.54, 1.807) is 0 Å². The fourth-order valence-corrected chi connectivity index (χ4v) is 0. The summed E-state index contributed by atoms with van der Waals surface area (Å²) in [5.41, 5.74) is 0. The Morgan fingerprint density at radius 2 is 0.800 bits per heavy atom. The van der Waals surface area contributed by atoms with Gasteiger partial charge in [-0.3, -0.25) is 0 Å². The maximum absolute atomic E-state index is 4.50. The molecule has 0 nitrogen and oxygen atoms in total. The Bertz CT molecular complexity index is 6.85. The van der Waals surface area contributed by atoms with Gasteiger partial charge in [-0.2, -0.15) is 0 Å². The smallest absolute Gasteiger partial charge is 0.0606 e. The maximum atomic E-state index is 4.50. The van der Waals surface area contributed by atoms with Crippen LogP contribution in [0.25, 0.3) is 0 Å². The van der Waals surface area contributed by atoms with Crippen LogP contribution in [0, 0.1) is 0 Å². The van der Waals surface area contributed by atoms with Gasteiger partial charge in [0.2, 0.25) is 0 Å². The van der Waals surface area contributed by atoms with Gasteiger partial charge in [-0.15, -0.1) is 0 Å². The molecule has 0 heterocycles. The molecule has 5 radical (unpaired) electrons. The fraction of sp³-hybridized carbons (Fsp3) is 1.00. The Hall–Kier alpha value is 3.38. The molecule has 0 spiro atoms. The van der Waals surface area contributed by atoms with Crippen LogP contribution in [-0.4, -0.2) is 7.85 Å². The Balaban J connectivity index is -0.00000000167. The van der Waals surface area contributed by atoms with Crippen LogP contribution in [0.4, 0.5) is 0 Å². The molecule has 5 heavy (non-hydrogen) atoms. The Labute approximate surface area is 110 Å². The molecule has 0 unspecified atom stereocenters. The summed E-state index contributed by atoms with van der Waals surface area (Å²) >= 11 is 0. The van der Waals surface area contributed by atoms with E-state index in [9.17, 15) is 0 Å². The van der Waals surface area contributed by atoms with Crippen molar-refractivity contribution >= 4 is 7.85 Å². The molecule has 0 amide bonds. The van der Waals surface area contributed by atoms with Crippen molar-refractivity contribution in [3.05, 3.63) is 0 Å². The predicted octanol–water partition coefficient (Wildman–Crippen LogP) is 0.195. The second-order valence-electron chi connectivity index (χ2n) is 0. The summed E-state index contributed by atoms with van der Waals surface area (Å²) in [6.07, 6.45) is 0. The Morgan fingerprint density at radius 3 is 0.800 bits per heavy atom. The van der Waals surface area contributed by atoms with E-state index in [-0.39, 0.29) is 98.1 Å². The van der Waals surface area contributed by atoms with Crippen LogP contribution >= 0.6 is 0 Å². The van der Waals surface area contributed by atoms with Gasteiger partial charge in [-0.05, 0) is 0 Å². The monoisotopic (exact) mass is 293 g/mol. The van der Waals surface area contributed by atoms with E-state index in [1.807, 2.05) is 0 Å². The normalized spacial score (nSPS) is 1.00. The summed E-state index contributed by atoms with van der Waals surface area (Å²) in [4.78, 5) is 0. The molecule has 0 fully saturated rings.